The normalized spacial score (nSPS) is 41.6. The van der Waals surface area contributed by atoms with Crippen LogP contribution >= 0.6 is 0 Å². The highest BCUT2D eigenvalue weighted by Crippen LogP contribution is 2.41. The van der Waals surface area contributed by atoms with E-state index in [9.17, 15) is 4.79 Å². The largest absolute Gasteiger partial charge is 0.480 e. The summed E-state index contributed by atoms with van der Waals surface area (Å²) in [7, 11) is 1.93. The minimum atomic E-state index is -0.632. The molecule has 1 heterocycles. The fraction of sp³-hybridized carbons (Fsp3) is 0.889. The third-order valence-corrected chi connectivity index (χ3v) is 3.37. The molecule has 0 aromatic heterocycles. The van der Waals surface area contributed by atoms with Crippen molar-refractivity contribution in [2.24, 2.45) is 11.8 Å². The molecular weight excluding hydrogens is 154 g/mol. The molecule has 0 aromatic rings. The van der Waals surface area contributed by atoms with Crippen LogP contribution < -0.4 is 0 Å². The summed E-state index contributed by atoms with van der Waals surface area (Å²) >= 11 is 0. The van der Waals surface area contributed by atoms with Gasteiger partial charge in [0.25, 0.3) is 0 Å². The van der Waals surface area contributed by atoms with Crippen molar-refractivity contribution >= 4 is 5.97 Å². The summed E-state index contributed by atoms with van der Waals surface area (Å²) in [6.07, 6.45) is 3.58. The molecule has 0 radical (unpaired) electrons. The van der Waals surface area contributed by atoms with Crippen LogP contribution in [0.15, 0.2) is 0 Å². The summed E-state index contributed by atoms with van der Waals surface area (Å²) in [5.41, 5.74) is 0. The SMILES string of the molecule is CN1CC2CCCC2[C@H]1C(=O)O. The Morgan fingerprint density at radius 1 is 1.50 bits per heavy atom. The summed E-state index contributed by atoms with van der Waals surface area (Å²) in [6, 6.07) is -0.197. The lowest BCUT2D eigenvalue weighted by Crippen LogP contribution is -2.36. The molecule has 2 unspecified atom stereocenters. The van der Waals surface area contributed by atoms with Crippen LogP contribution in [0.1, 0.15) is 19.3 Å². The molecule has 0 amide bonds. The van der Waals surface area contributed by atoms with Gasteiger partial charge in [-0.05, 0) is 31.7 Å². The smallest absolute Gasteiger partial charge is 0.321 e. The number of carboxylic acids is 1. The molecule has 2 fully saturated rings. The van der Waals surface area contributed by atoms with E-state index in [1.54, 1.807) is 0 Å². The average molecular weight is 169 g/mol. The van der Waals surface area contributed by atoms with Gasteiger partial charge < -0.3 is 5.11 Å². The Balaban J connectivity index is 2.15. The lowest BCUT2D eigenvalue weighted by atomic mass is 9.94. The number of hydrogen-bond acceptors (Lipinski definition) is 2. The first-order valence-electron chi connectivity index (χ1n) is 4.63. The van der Waals surface area contributed by atoms with Gasteiger partial charge in [0, 0.05) is 6.54 Å². The maximum Gasteiger partial charge on any atom is 0.321 e. The third-order valence-electron chi connectivity index (χ3n) is 3.37. The second kappa shape index (κ2) is 2.73. The third kappa shape index (κ3) is 1.04. The van der Waals surface area contributed by atoms with E-state index >= 15 is 0 Å². The van der Waals surface area contributed by atoms with Gasteiger partial charge in [-0.3, -0.25) is 9.69 Å². The van der Waals surface area contributed by atoms with Crippen molar-refractivity contribution < 1.29 is 9.90 Å². The molecule has 1 aliphatic heterocycles. The Bertz CT molecular complexity index is 205. The molecule has 2 rings (SSSR count). The zero-order valence-electron chi connectivity index (χ0n) is 7.36. The van der Waals surface area contributed by atoms with Crippen LogP contribution in [0.25, 0.3) is 0 Å². The van der Waals surface area contributed by atoms with Crippen molar-refractivity contribution in [3.05, 3.63) is 0 Å². The Hall–Kier alpha value is -0.570. The van der Waals surface area contributed by atoms with Gasteiger partial charge in [-0.25, -0.2) is 0 Å². The molecule has 1 aliphatic carbocycles. The molecule has 2 aliphatic rings. The number of aliphatic carboxylic acids is 1. The summed E-state index contributed by atoms with van der Waals surface area (Å²) < 4.78 is 0. The molecule has 0 bridgehead atoms. The second-order valence-corrected chi connectivity index (χ2v) is 4.08. The van der Waals surface area contributed by atoms with Gasteiger partial charge in [-0.2, -0.15) is 0 Å². The van der Waals surface area contributed by atoms with Crippen LogP contribution in [0.5, 0.6) is 0 Å². The van der Waals surface area contributed by atoms with Crippen LogP contribution in [0, 0.1) is 11.8 Å². The van der Waals surface area contributed by atoms with Crippen molar-refractivity contribution in [3.63, 3.8) is 0 Å². The number of likely N-dealkylation sites (tertiary alicyclic amines) is 1. The fourth-order valence-corrected chi connectivity index (χ4v) is 2.89. The van der Waals surface area contributed by atoms with Crippen molar-refractivity contribution in [2.45, 2.75) is 25.3 Å². The maximum absolute atomic E-state index is 10.9. The highest BCUT2D eigenvalue weighted by molar-refractivity contribution is 5.74. The minimum absolute atomic E-state index is 0.197. The maximum atomic E-state index is 10.9. The van der Waals surface area contributed by atoms with Crippen LogP contribution in [-0.2, 0) is 4.79 Å². The Labute approximate surface area is 72.4 Å². The van der Waals surface area contributed by atoms with Crippen LogP contribution in [-0.4, -0.2) is 35.6 Å². The Kier molecular flexibility index (Phi) is 1.83. The summed E-state index contributed by atoms with van der Waals surface area (Å²) in [5, 5.41) is 8.99. The number of fused-ring (bicyclic) bond motifs is 1. The van der Waals surface area contributed by atoms with Crippen LogP contribution in [0.4, 0.5) is 0 Å². The van der Waals surface area contributed by atoms with Gasteiger partial charge in [0.05, 0.1) is 0 Å². The lowest BCUT2D eigenvalue weighted by Gasteiger charge is -2.18. The van der Waals surface area contributed by atoms with E-state index in [1.807, 2.05) is 11.9 Å². The zero-order valence-corrected chi connectivity index (χ0v) is 7.36. The minimum Gasteiger partial charge on any atom is -0.480 e. The summed E-state index contributed by atoms with van der Waals surface area (Å²) in [6.45, 7) is 0.988. The van der Waals surface area contributed by atoms with E-state index in [2.05, 4.69) is 0 Å². The van der Waals surface area contributed by atoms with Crippen molar-refractivity contribution in [2.75, 3.05) is 13.6 Å². The standard InChI is InChI=1S/C9H15NO2/c1-10-5-6-3-2-4-7(6)8(10)9(11)12/h6-8H,2-5H2,1H3,(H,11,12)/t6?,7?,8-/m0/s1. The second-order valence-electron chi connectivity index (χ2n) is 4.08. The van der Waals surface area contributed by atoms with Gasteiger partial charge >= 0.3 is 5.97 Å². The summed E-state index contributed by atoms with van der Waals surface area (Å²) in [4.78, 5) is 12.9. The molecule has 0 spiro atoms. The predicted octanol–water partition coefficient (Wildman–Crippen LogP) is 0.801. The molecule has 1 saturated carbocycles. The van der Waals surface area contributed by atoms with Gasteiger partial charge in [0.1, 0.15) is 6.04 Å². The monoisotopic (exact) mass is 169 g/mol. The topological polar surface area (TPSA) is 40.5 Å². The number of rotatable bonds is 1. The molecule has 3 atom stereocenters. The van der Waals surface area contributed by atoms with E-state index in [0.29, 0.717) is 11.8 Å². The first kappa shape index (κ1) is 8.05. The molecular formula is C9H15NO2. The number of likely N-dealkylation sites (N-methyl/N-ethyl adjacent to an activating group) is 1. The first-order valence-corrected chi connectivity index (χ1v) is 4.63. The van der Waals surface area contributed by atoms with E-state index in [1.165, 1.54) is 12.8 Å². The quantitative estimate of drug-likeness (QED) is 0.631. The van der Waals surface area contributed by atoms with Crippen molar-refractivity contribution in [1.29, 1.82) is 0 Å². The average Bonchev–Trinajstić information content (AvgIpc) is 2.44. The van der Waals surface area contributed by atoms with Crippen molar-refractivity contribution in [1.82, 2.24) is 4.90 Å². The van der Waals surface area contributed by atoms with E-state index in [4.69, 9.17) is 5.11 Å². The molecule has 1 saturated heterocycles. The predicted molar refractivity (Wildman–Crippen MR) is 44.9 cm³/mol. The van der Waals surface area contributed by atoms with Gasteiger partial charge in [-0.1, -0.05) is 6.42 Å². The van der Waals surface area contributed by atoms with E-state index < -0.39 is 5.97 Å². The highest BCUT2D eigenvalue weighted by Gasteiger charge is 2.45. The van der Waals surface area contributed by atoms with E-state index in [-0.39, 0.29) is 6.04 Å². The van der Waals surface area contributed by atoms with Gasteiger partial charge in [0.2, 0.25) is 0 Å². The molecule has 3 nitrogen and oxygen atoms in total. The highest BCUT2D eigenvalue weighted by atomic mass is 16.4. The molecule has 0 aromatic carbocycles. The fourth-order valence-electron chi connectivity index (χ4n) is 2.89. The van der Waals surface area contributed by atoms with Crippen molar-refractivity contribution in [3.8, 4) is 0 Å². The Morgan fingerprint density at radius 2 is 2.25 bits per heavy atom. The first-order chi connectivity index (χ1) is 5.70. The number of nitrogens with zero attached hydrogens (tertiary/aromatic N) is 1. The Morgan fingerprint density at radius 3 is 2.92 bits per heavy atom. The van der Waals surface area contributed by atoms with Crippen LogP contribution in [0.3, 0.4) is 0 Å². The lowest BCUT2D eigenvalue weighted by molar-refractivity contribution is -0.143. The zero-order chi connectivity index (χ0) is 8.72. The number of hydrogen-bond donors (Lipinski definition) is 1. The van der Waals surface area contributed by atoms with Gasteiger partial charge in [-0.15, -0.1) is 0 Å². The summed E-state index contributed by atoms with van der Waals surface area (Å²) in [5.74, 6) is 0.468. The van der Waals surface area contributed by atoms with E-state index in [0.717, 1.165) is 13.0 Å². The van der Waals surface area contributed by atoms with Gasteiger partial charge in [0.15, 0.2) is 0 Å². The van der Waals surface area contributed by atoms with Crippen LogP contribution in [0.2, 0.25) is 0 Å². The molecule has 12 heavy (non-hydrogen) atoms. The molecule has 1 N–H and O–H groups in total. The number of carboxylic acid groups (broad SMARTS) is 1. The number of carbonyl (C=O) groups is 1. The molecule has 68 valence electrons. The molecule has 3 heteroatoms.